The summed E-state index contributed by atoms with van der Waals surface area (Å²) >= 11 is 0. The molecule has 0 unspecified atom stereocenters. The number of urea groups is 1. The van der Waals surface area contributed by atoms with Gasteiger partial charge in [0, 0.05) is 13.1 Å². The maximum atomic E-state index is 11.7. The minimum Gasteiger partial charge on any atom is -0.351 e. The Morgan fingerprint density at radius 3 is 2.67 bits per heavy atom. The van der Waals surface area contributed by atoms with Gasteiger partial charge in [-0.05, 0) is 24.5 Å². The fourth-order valence-electron chi connectivity index (χ4n) is 2.24. The molecule has 0 fully saturated rings. The predicted octanol–water partition coefficient (Wildman–Crippen LogP) is 0.628. The molecule has 96 valence electrons. The third-order valence-corrected chi connectivity index (χ3v) is 3.33. The Hall–Kier alpha value is -1.88. The topological polar surface area (TPSA) is 75.4 Å². The quantitative estimate of drug-likeness (QED) is 0.804. The number of primary amides is 1. The molecule has 0 aromatic heterocycles. The molecular formula is C13H17N3O2. The molecule has 5 nitrogen and oxygen atoms in total. The highest BCUT2D eigenvalue weighted by molar-refractivity contribution is 5.96. The van der Waals surface area contributed by atoms with Crippen molar-refractivity contribution in [2.24, 2.45) is 5.73 Å². The zero-order chi connectivity index (χ0) is 13.1. The zero-order valence-electron chi connectivity index (χ0n) is 10.3. The number of nitrogens with one attached hydrogen (secondary N) is 1. The summed E-state index contributed by atoms with van der Waals surface area (Å²) in [6.07, 6.45) is 0.921. The van der Waals surface area contributed by atoms with Crippen molar-refractivity contribution in [1.82, 2.24) is 10.2 Å². The van der Waals surface area contributed by atoms with E-state index in [9.17, 15) is 9.59 Å². The van der Waals surface area contributed by atoms with Gasteiger partial charge in [-0.15, -0.1) is 0 Å². The minimum absolute atomic E-state index is 0.345. The SMILES string of the molecule is C[C@@H](C(=O)NC(N)=O)N1CCc2ccccc2C1. The summed E-state index contributed by atoms with van der Waals surface area (Å²) in [7, 11) is 0. The van der Waals surface area contributed by atoms with Crippen LogP contribution in [0.4, 0.5) is 4.79 Å². The van der Waals surface area contributed by atoms with Gasteiger partial charge in [-0.25, -0.2) is 4.79 Å². The van der Waals surface area contributed by atoms with Gasteiger partial charge in [0.25, 0.3) is 0 Å². The van der Waals surface area contributed by atoms with Crippen molar-refractivity contribution in [3.05, 3.63) is 35.4 Å². The number of benzene rings is 1. The second-order valence-corrected chi connectivity index (χ2v) is 4.52. The second kappa shape index (κ2) is 5.18. The lowest BCUT2D eigenvalue weighted by Gasteiger charge is -2.32. The summed E-state index contributed by atoms with van der Waals surface area (Å²) in [5.74, 6) is -0.345. The van der Waals surface area contributed by atoms with Crippen LogP contribution in [0.1, 0.15) is 18.1 Å². The van der Waals surface area contributed by atoms with Crippen molar-refractivity contribution in [2.45, 2.75) is 25.9 Å². The molecule has 2 rings (SSSR count). The number of carbonyl (C=O) groups excluding carboxylic acids is 2. The lowest BCUT2D eigenvalue weighted by atomic mass is 9.99. The lowest BCUT2D eigenvalue weighted by Crippen LogP contribution is -2.49. The van der Waals surface area contributed by atoms with Crippen molar-refractivity contribution >= 4 is 11.9 Å². The minimum atomic E-state index is -0.802. The predicted molar refractivity (Wildman–Crippen MR) is 67.7 cm³/mol. The molecule has 18 heavy (non-hydrogen) atoms. The summed E-state index contributed by atoms with van der Waals surface area (Å²) in [5.41, 5.74) is 7.52. The zero-order valence-corrected chi connectivity index (χ0v) is 10.3. The Kier molecular flexibility index (Phi) is 3.62. The van der Waals surface area contributed by atoms with Crippen molar-refractivity contribution in [3.63, 3.8) is 0 Å². The van der Waals surface area contributed by atoms with Gasteiger partial charge >= 0.3 is 6.03 Å². The van der Waals surface area contributed by atoms with E-state index >= 15 is 0 Å². The summed E-state index contributed by atoms with van der Waals surface area (Å²) in [6, 6.07) is 7.05. The van der Waals surface area contributed by atoms with Crippen LogP contribution in [0.15, 0.2) is 24.3 Å². The van der Waals surface area contributed by atoms with Crippen LogP contribution in [-0.4, -0.2) is 29.4 Å². The van der Waals surface area contributed by atoms with E-state index in [0.717, 1.165) is 19.5 Å². The first-order chi connectivity index (χ1) is 8.58. The Balaban J connectivity index is 2.04. The van der Waals surface area contributed by atoms with Gasteiger partial charge in [0.2, 0.25) is 5.91 Å². The van der Waals surface area contributed by atoms with Gasteiger partial charge in [0.15, 0.2) is 0 Å². The highest BCUT2D eigenvalue weighted by atomic mass is 16.2. The Bertz CT molecular complexity index is 473. The van der Waals surface area contributed by atoms with Crippen LogP contribution in [-0.2, 0) is 17.8 Å². The van der Waals surface area contributed by atoms with Crippen molar-refractivity contribution in [3.8, 4) is 0 Å². The first kappa shape index (κ1) is 12.6. The van der Waals surface area contributed by atoms with E-state index in [1.54, 1.807) is 6.92 Å². The molecule has 0 saturated carbocycles. The number of imide groups is 1. The molecule has 1 atom stereocenters. The normalized spacial score (nSPS) is 16.7. The maximum Gasteiger partial charge on any atom is 0.318 e. The molecule has 3 N–H and O–H groups in total. The van der Waals surface area contributed by atoms with Crippen LogP contribution >= 0.6 is 0 Å². The molecule has 1 aliphatic heterocycles. The van der Waals surface area contributed by atoms with E-state index in [0.29, 0.717) is 0 Å². The molecule has 0 radical (unpaired) electrons. The van der Waals surface area contributed by atoms with Gasteiger partial charge in [-0.3, -0.25) is 15.0 Å². The molecule has 1 aromatic rings. The number of nitrogens with zero attached hydrogens (tertiary/aromatic N) is 1. The monoisotopic (exact) mass is 247 g/mol. The summed E-state index contributed by atoms with van der Waals surface area (Å²) < 4.78 is 0. The summed E-state index contributed by atoms with van der Waals surface area (Å²) in [6.45, 7) is 3.32. The van der Waals surface area contributed by atoms with E-state index in [4.69, 9.17) is 5.73 Å². The molecule has 0 aliphatic carbocycles. The molecule has 0 saturated heterocycles. The van der Waals surface area contributed by atoms with Crippen LogP contribution in [0, 0.1) is 0 Å². The Labute approximate surface area is 106 Å². The second-order valence-electron chi connectivity index (χ2n) is 4.52. The van der Waals surface area contributed by atoms with Gasteiger partial charge in [-0.1, -0.05) is 24.3 Å². The smallest absolute Gasteiger partial charge is 0.318 e. The first-order valence-electron chi connectivity index (χ1n) is 5.99. The average Bonchev–Trinajstić information content (AvgIpc) is 2.36. The van der Waals surface area contributed by atoms with E-state index in [2.05, 4.69) is 17.4 Å². The van der Waals surface area contributed by atoms with Crippen LogP contribution in [0.2, 0.25) is 0 Å². The number of amides is 3. The van der Waals surface area contributed by atoms with Crippen LogP contribution in [0.25, 0.3) is 0 Å². The number of nitrogens with two attached hydrogens (primary N) is 1. The molecule has 0 spiro atoms. The Morgan fingerprint density at radius 1 is 1.33 bits per heavy atom. The number of hydrogen-bond acceptors (Lipinski definition) is 3. The van der Waals surface area contributed by atoms with Crippen molar-refractivity contribution < 1.29 is 9.59 Å². The highest BCUT2D eigenvalue weighted by Crippen LogP contribution is 2.20. The third-order valence-electron chi connectivity index (χ3n) is 3.33. The maximum absolute atomic E-state index is 11.7. The molecule has 1 aromatic carbocycles. The molecule has 5 heteroatoms. The van der Waals surface area contributed by atoms with Crippen LogP contribution in [0.3, 0.4) is 0 Å². The molecule has 1 heterocycles. The highest BCUT2D eigenvalue weighted by Gasteiger charge is 2.25. The summed E-state index contributed by atoms with van der Waals surface area (Å²) in [5, 5.41) is 2.12. The number of hydrogen-bond donors (Lipinski definition) is 2. The summed E-state index contributed by atoms with van der Waals surface area (Å²) in [4.78, 5) is 24.4. The van der Waals surface area contributed by atoms with Crippen LogP contribution in [0.5, 0.6) is 0 Å². The standard InChI is InChI=1S/C13H17N3O2/c1-9(12(17)15-13(14)18)16-7-6-10-4-2-3-5-11(10)8-16/h2-5,9H,6-8H2,1H3,(H3,14,15,17,18)/t9-/m0/s1. The van der Waals surface area contributed by atoms with Gasteiger partial charge < -0.3 is 5.73 Å². The fourth-order valence-corrected chi connectivity index (χ4v) is 2.24. The van der Waals surface area contributed by atoms with Crippen molar-refractivity contribution in [1.29, 1.82) is 0 Å². The van der Waals surface area contributed by atoms with E-state index in [-0.39, 0.29) is 11.9 Å². The van der Waals surface area contributed by atoms with Crippen LogP contribution < -0.4 is 11.1 Å². The fraction of sp³-hybridized carbons (Fsp3) is 0.385. The third kappa shape index (κ3) is 2.68. The van der Waals surface area contributed by atoms with Gasteiger partial charge in [0.1, 0.15) is 0 Å². The van der Waals surface area contributed by atoms with Gasteiger partial charge in [-0.2, -0.15) is 0 Å². The van der Waals surface area contributed by atoms with Gasteiger partial charge in [0.05, 0.1) is 6.04 Å². The lowest BCUT2D eigenvalue weighted by molar-refractivity contribution is -0.125. The van der Waals surface area contributed by atoms with E-state index < -0.39 is 6.03 Å². The van der Waals surface area contributed by atoms with E-state index in [1.807, 2.05) is 17.0 Å². The Morgan fingerprint density at radius 2 is 2.00 bits per heavy atom. The van der Waals surface area contributed by atoms with E-state index in [1.165, 1.54) is 11.1 Å². The number of fused-ring (bicyclic) bond motifs is 1. The van der Waals surface area contributed by atoms with Crippen molar-refractivity contribution in [2.75, 3.05) is 6.54 Å². The molecule has 1 aliphatic rings. The molecular weight excluding hydrogens is 230 g/mol. The first-order valence-corrected chi connectivity index (χ1v) is 5.99. The largest absolute Gasteiger partial charge is 0.351 e. The molecule has 3 amide bonds. The molecule has 0 bridgehead atoms. The number of carbonyl (C=O) groups is 2. The number of rotatable bonds is 2. The average molecular weight is 247 g/mol.